The SMILES string of the molecule is COC(=O)CCCCN1C(=O)[C@]2(O[C@H](CC(=O)N3Cc4ccccc4C[C@H]3CO)[C@@H]([Si](C)(C)O)[C@@H]2C)c2cc(NC(=O)[C@H](C)O)ccc21. The van der Waals surface area contributed by atoms with Crippen molar-refractivity contribution in [3.63, 3.8) is 0 Å². The number of methoxy groups -OCH3 is 1. The zero-order valence-corrected chi connectivity index (χ0v) is 29.3. The van der Waals surface area contributed by atoms with Crippen LogP contribution in [-0.4, -0.2) is 90.4 Å². The second-order valence-electron chi connectivity index (χ2n) is 13.8. The van der Waals surface area contributed by atoms with Crippen molar-refractivity contribution in [1.82, 2.24) is 4.90 Å². The smallest absolute Gasteiger partial charge is 0.305 e. The van der Waals surface area contributed by atoms with E-state index in [1.54, 1.807) is 41.1 Å². The molecule has 48 heavy (non-hydrogen) atoms. The van der Waals surface area contributed by atoms with Crippen molar-refractivity contribution >= 4 is 43.4 Å². The molecule has 2 aromatic rings. The van der Waals surface area contributed by atoms with Gasteiger partial charge < -0.3 is 39.6 Å². The average molecular weight is 682 g/mol. The van der Waals surface area contributed by atoms with Gasteiger partial charge in [0, 0.05) is 42.2 Å². The van der Waals surface area contributed by atoms with E-state index in [0.717, 1.165) is 11.1 Å². The first-order valence-electron chi connectivity index (χ1n) is 16.6. The van der Waals surface area contributed by atoms with Crippen molar-refractivity contribution < 1.29 is 43.7 Å². The van der Waals surface area contributed by atoms with E-state index in [4.69, 9.17) is 9.47 Å². The third kappa shape index (κ3) is 6.66. The Morgan fingerprint density at radius 3 is 2.50 bits per heavy atom. The lowest BCUT2D eigenvalue weighted by Crippen LogP contribution is -2.48. The Balaban J connectivity index is 1.50. The van der Waals surface area contributed by atoms with E-state index in [9.17, 15) is 34.2 Å². The van der Waals surface area contributed by atoms with E-state index >= 15 is 0 Å². The van der Waals surface area contributed by atoms with Crippen LogP contribution in [0.3, 0.4) is 0 Å². The topological polar surface area (TPSA) is 166 Å². The minimum absolute atomic E-state index is 0.0907. The molecule has 260 valence electrons. The van der Waals surface area contributed by atoms with Crippen LogP contribution in [0.1, 0.15) is 56.2 Å². The molecule has 13 heteroatoms. The number of amides is 3. The minimum atomic E-state index is -3.09. The van der Waals surface area contributed by atoms with Crippen LogP contribution in [0.2, 0.25) is 18.6 Å². The molecule has 0 unspecified atom stereocenters. The number of rotatable bonds is 11. The summed E-state index contributed by atoms with van der Waals surface area (Å²) in [5.74, 6) is -2.06. The molecule has 0 saturated carbocycles. The largest absolute Gasteiger partial charge is 0.469 e. The highest BCUT2D eigenvalue weighted by molar-refractivity contribution is 6.71. The summed E-state index contributed by atoms with van der Waals surface area (Å²) < 4.78 is 11.6. The van der Waals surface area contributed by atoms with Gasteiger partial charge in [0.05, 0.1) is 38.0 Å². The summed E-state index contributed by atoms with van der Waals surface area (Å²) in [6.45, 7) is 7.22. The number of ether oxygens (including phenoxy) is 2. The van der Waals surface area contributed by atoms with Crippen LogP contribution in [0.5, 0.6) is 0 Å². The number of carbonyl (C=O) groups excluding carboxylic acids is 4. The molecule has 3 aliphatic rings. The van der Waals surface area contributed by atoms with Crippen LogP contribution < -0.4 is 10.2 Å². The third-order valence-corrected chi connectivity index (χ3v) is 12.6. The number of esters is 1. The molecule has 0 bridgehead atoms. The van der Waals surface area contributed by atoms with Gasteiger partial charge in [-0.2, -0.15) is 0 Å². The Kier molecular flexibility index (Phi) is 10.5. The number of hydrogen-bond acceptors (Lipinski definition) is 9. The van der Waals surface area contributed by atoms with E-state index < -0.39 is 49.5 Å². The van der Waals surface area contributed by atoms with Gasteiger partial charge in [-0.05, 0) is 68.6 Å². The van der Waals surface area contributed by atoms with E-state index in [1.807, 2.05) is 31.2 Å². The Hall–Kier alpha value is -3.62. The van der Waals surface area contributed by atoms with Crippen LogP contribution in [0.4, 0.5) is 11.4 Å². The van der Waals surface area contributed by atoms with Crippen LogP contribution in [0.15, 0.2) is 42.5 Å². The van der Waals surface area contributed by atoms with Crippen molar-refractivity contribution in [2.75, 3.05) is 30.5 Å². The lowest BCUT2D eigenvalue weighted by atomic mass is 9.82. The monoisotopic (exact) mass is 681 g/mol. The van der Waals surface area contributed by atoms with Crippen LogP contribution in [0, 0.1) is 5.92 Å². The highest BCUT2D eigenvalue weighted by atomic mass is 28.4. The zero-order chi connectivity index (χ0) is 35.0. The summed E-state index contributed by atoms with van der Waals surface area (Å²) in [6.07, 6.45) is -0.414. The minimum Gasteiger partial charge on any atom is -0.469 e. The van der Waals surface area contributed by atoms with Crippen LogP contribution >= 0.6 is 0 Å². The van der Waals surface area contributed by atoms with Gasteiger partial charge in [0.2, 0.25) is 5.91 Å². The highest BCUT2D eigenvalue weighted by Gasteiger charge is 2.66. The first-order valence-corrected chi connectivity index (χ1v) is 19.6. The molecule has 3 heterocycles. The van der Waals surface area contributed by atoms with Crippen molar-refractivity contribution in [2.45, 2.75) is 95.0 Å². The Morgan fingerprint density at radius 1 is 1.15 bits per heavy atom. The summed E-state index contributed by atoms with van der Waals surface area (Å²) in [4.78, 5) is 67.8. The molecule has 0 radical (unpaired) electrons. The Morgan fingerprint density at radius 2 is 1.85 bits per heavy atom. The molecule has 1 spiro atoms. The predicted octanol–water partition coefficient (Wildman–Crippen LogP) is 2.83. The molecule has 5 rings (SSSR count). The first-order chi connectivity index (χ1) is 22.7. The number of nitrogens with one attached hydrogen (secondary N) is 1. The second-order valence-corrected chi connectivity index (χ2v) is 17.8. The van der Waals surface area contributed by atoms with E-state index in [2.05, 4.69) is 5.32 Å². The molecule has 1 fully saturated rings. The van der Waals surface area contributed by atoms with Gasteiger partial charge in [-0.1, -0.05) is 31.2 Å². The molecule has 4 N–H and O–H groups in total. The fourth-order valence-electron chi connectivity index (χ4n) is 7.80. The number of unbranched alkanes of at least 4 members (excludes halogenated alkanes) is 1. The van der Waals surface area contributed by atoms with Crippen molar-refractivity contribution in [2.24, 2.45) is 5.92 Å². The number of hydrogen-bond donors (Lipinski definition) is 4. The lowest BCUT2D eigenvalue weighted by Gasteiger charge is -2.37. The molecule has 1 saturated heterocycles. The number of fused-ring (bicyclic) bond motifs is 3. The summed E-state index contributed by atoms with van der Waals surface area (Å²) in [7, 11) is -1.76. The van der Waals surface area contributed by atoms with E-state index in [0.29, 0.717) is 49.3 Å². The second kappa shape index (κ2) is 14.1. The van der Waals surface area contributed by atoms with Crippen molar-refractivity contribution in [3.8, 4) is 0 Å². The predicted molar refractivity (Wildman–Crippen MR) is 180 cm³/mol. The quantitative estimate of drug-likeness (QED) is 0.159. The first kappa shape index (κ1) is 35.7. The van der Waals surface area contributed by atoms with Crippen LogP contribution in [-0.2, 0) is 47.2 Å². The van der Waals surface area contributed by atoms with Gasteiger partial charge >= 0.3 is 5.97 Å². The normalized spacial score (nSPS) is 25.5. The molecule has 0 aliphatic carbocycles. The zero-order valence-electron chi connectivity index (χ0n) is 28.3. The summed E-state index contributed by atoms with van der Waals surface area (Å²) in [5.41, 5.74) is 1.48. The van der Waals surface area contributed by atoms with Gasteiger partial charge in [-0.15, -0.1) is 0 Å². The Bertz CT molecular complexity index is 1560. The highest BCUT2D eigenvalue weighted by Crippen LogP contribution is 2.60. The molecule has 2 aromatic carbocycles. The summed E-state index contributed by atoms with van der Waals surface area (Å²) in [6, 6.07) is 12.5. The third-order valence-electron chi connectivity index (χ3n) is 10.1. The standard InChI is InChI=1S/C35H47N3O9Si/c1-21-32(48(4,5)45)29(18-30(41)38-19-24-11-7-6-10-23(24)16-26(38)20-39)47-35(21)27-17-25(36-33(43)22(2)40)13-14-28(27)37(34(35)44)15-9-8-12-31(42)46-3/h6-7,10-11,13-14,17,21-22,26,29,32,39-40,45H,8-9,12,15-16,18-20H2,1-5H3,(H,36,43)/t21-,22-,26-,29+,32-,35+/m0/s1. The molecule has 3 aliphatic heterocycles. The van der Waals surface area contributed by atoms with Crippen LogP contribution in [0.25, 0.3) is 0 Å². The molecule has 3 amide bonds. The summed E-state index contributed by atoms with van der Waals surface area (Å²) >= 11 is 0. The maximum atomic E-state index is 14.7. The van der Waals surface area contributed by atoms with E-state index in [-0.39, 0.29) is 37.2 Å². The van der Waals surface area contributed by atoms with Gasteiger partial charge in [-0.3, -0.25) is 19.2 Å². The average Bonchev–Trinajstić information content (AvgIpc) is 3.47. The van der Waals surface area contributed by atoms with Gasteiger partial charge in [-0.25, -0.2) is 0 Å². The fraction of sp³-hybridized carbons (Fsp3) is 0.543. The maximum Gasteiger partial charge on any atom is 0.305 e. The maximum absolute atomic E-state index is 14.7. The van der Waals surface area contributed by atoms with Gasteiger partial charge in [0.15, 0.2) is 13.9 Å². The molecule has 12 nitrogen and oxygen atoms in total. The molecule has 0 aromatic heterocycles. The van der Waals surface area contributed by atoms with Gasteiger partial charge in [0.1, 0.15) is 6.10 Å². The number of nitrogens with zero attached hydrogens (tertiary/aromatic N) is 2. The number of carbonyl (C=O) groups is 4. The Labute approximate surface area is 282 Å². The summed E-state index contributed by atoms with van der Waals surface area (Å²) in [5, 5.41) is 22.7. The molecular weight excluding hydrogens is 634 g/mol. The van der Waals surface area contributed by atoms with Crippen molar-refractivity contribution in [3.05, 3.63) is 59.2 Å². The number of benzene rings is 2. The molecular formula is C35H47N3O9Si. The van der Waals surface area contributed by atoms with Gasteiger partial charge in [0.25, 0.3) is 11.8 Å². The van der Waals surface area contributed by atoms with Crippen molar-refractivity contribution in [1.29, 1.82) is 0 Å². The number of anilines is 2. The van der Waals surface area contributed by atoms with E-state index in [1.165, 1.54) is 14.0 Å². The fourth-order valence-corrected chi connectivity index (χ4v) is 10.4. The lowest BCUT2D eigenvalue weighted by molar-refractivity contribution is -0.151. The number of aliphatic hydroxyl groups is 2. The number of aliphatic hydroxyl groups excluding tert-OH is 2. The molecule has 6 atom stereocenters.